The maximum Gasteiger partial charge on any atom is 0.238 e. The Morgan fingerprint density at radius 1 is 1.29 bits per heavy atom. The summed E-state index contributed by atoms with van der Waals surface area (Å²) in [6, 6.07) is 5.79. The summed E-state index contributed by atoms with van der Waals surface area (Å²) in [5.74, 6) is -0.358. The second-order valence-corrected chi connectivity index (χ2v) is 4.08. The van der Waals surface area contributed by atoms with E-state index in [-0.39, 0.29) is 11.7 Å². The van der Waals surface area contributed by atoms with Gasteiger partial charge in [-0.2, -0.15) is 0 Å². The van der Waals surface area contributed by atoms with Crippen molar-refractivity contribution >= 4 is 11.6 Å². The van der Waals surface area contributed by atoms with Crippen molar-refractivity contribution in [3.8, 4) is 0 Å². The molecule has 0 aliphatic carbocycles. The van der Waals surface area contributed by atoms with Gasteiger partial charge in [-0.15, -0.1) is 0 Å². The van der Waals surface area contributed by atoms with Crippen LogP contribution in [0.2, 0.25) is 0 Å². The molecule has 0 unspecified atom stereocenters. The first-order chi connectivity index (χ1) is 8.24. The van der Waals surface area contributed by atoms with Crippen LogP contribution in [-0.4, -0.2) is 43.5 Å². The molecule has 1 aliphatic rings. The van der Waals surface area contributed by atoms with Crippen molar-refractivity contribution in [3.63, 3.8) is 0 Å². The first-order valence-corrected chi connectivity index (χ1v) is 5.72. The highest BCUT2D eigenvalue weighted by molar-refractivity contribution is 5.92. The number of nitrogens with one attached hydrogen (secondary N) is 2. The highest BCUT2D eigenvalue weighted by Gasteiger charge is 2.13. The van der Waals surface area contributed by atoms with Gasteiger partial charge < -0.3 is 10.6 Å². The van der Waals surface area contributed by atoms with Gasteiger partial charge >= 0.3 is 0 Å². The Balaban J connectivity index is 1.82. The van der Waals surface area contributed by atoms with Crippen molar-refractivity contribution in [2.24, 2.45) is 0 Å². The Labute approximate surface area is 99.8 Å². The van der Waals surface area contributed by atoms with Crippen molar-refractivity contribution in [2.75, 3.05) is 38.0 Å². The second-order valence-electron chi connectivity index (χ2n) is 4.08. The molecule has 1 aromatic carbocycles. The van der Waals surface area contributed by atoms with E-state index in [0.29, 0.717) is 12.2 Å². The number of benzene rings is 1. The van der Waals surface area contributed by atoms with E-state index < -0.39 is 0 Å². The van der Waals surface area contributed by atoms with Gasteiger partial charge in [-0.1, -0.05) is 0 Å². The number of hydrogen-bond donors (Lipinski definition) is 2. The van der Waals surface area contributed by atoms with E-state index in [1.165, 1.54) is 12.1 Å². The van der Waals surface area contributed by atoms with E-state index in [9.17, 15) is 9.18 Å². The van der Waals surface area contributed by atoms with E-state index in [0.717, 1.165) is 26.2 Å². The van der Waals surface area contributed by atoms with Crippen molar-refractivity contribution in [2.45, 2.75) is 0 Å². The number of carbonyl (C=O) groups excluding carboxylic acids is 1. The van der Waals surface area contributed by atoms with Crippen molar-refractivity contribution < 1.29 is 9.18 Å². The maximum atomic E-state index is 12.7. The Morgan fingerprint density at radius 2 is 1.94 bits per heavy atom. The maximum absolute atomic E-state index is 12.7. The summed E-state index contributed by atoms with van der Waals surface area (Å²) in [6.45, 7) is 4.00. The molecule has 0 saturated carbocycles. The molecule has 1 aromatic rings. The van der Waals surface area contributed by atoms with E-state index >= 15 is 0 Å². The zero-order valence-corrected chi connectivity index (χ0v) is 9.58. The fraction of sp³-hybridized carbons (Fsp3) is 0.417. The molecular formula is C12H16FN3O. The number of amides is 1. The Hall–Kier alpha value is -1.46. The molecule has 92 valence electrons. The molecule has 0 bridgehead atoms. The highest BCUT2D eigenvalue weighted by Crippen LogP contribution is 2.08. The van der Waals surface area contributed by atoms with Crippen molar-refractivity contribution in [1.82, 2.24) is 10.2 Å². The standard InChI is InChI=1S/C12H16FN3O/c13-10-1-3-11(4-2-10)15-12(17)9-16-7-5-14-6-8-16/h1-4,14H,5-9H2,(H,15,17). The lowest BCUT2D eigenvalue weighted by Crippen LogP contribution is -2.46. The van der Waals surface area contributed by atoms with Crippen molar-refractivity contribution in [1.29, 1.82) is 0 Å². The van der Waals surface area contributed by atoms with Gasteiger partial charge in [0.05, 0.1) is 6.54 Å². The molecule has 2 N–H and O–H groups in total. The summed E-state index contributed by atoms with van der Waals surface area (Å²) in [5.41, 5.74) is 0.631. The summed E-state index contributed by atoms with van der Waals surface area (Å²) in [6.07, 6.45) is 0. The number of nitrogens with zero attached hydrogens (tertiary/aromatic N) is 1. The lowest BCUT2D eigenvalue weighted by Gasteiger charge is -2.26. The lowest BCUT2D eigenvalue weighted by molar-refractivity contribution is -0.117. The van der Waals surface area contributed by atoms with Gasteiger partial charge in [-0.3, -0.25) is 9.69 Å². The van der Waals surface area contributed by atoms with E-state index in [2.05, 4.69) is 15.5 Å². The largest absolute Gasteiger partial charge is 0.325 e. The first-order valence-electron chi connectivity index (χ1n) is 5.72. The van der Waals surface area contributed by atoms with Crippen LogP contribution in [0.3, 0.4) is 0 Å². The average molecular weight is 237 g/mol. The zero-order valence-electron chi connectivity index (χ0n) is 9.58. The van der Waals surface area contributed by atoms with Gasteiger partial charge in [0.2, 0.25) is 5.91 Å². The number of hydrogen-bond acceptors (Lipinski definition) is 3. The third kappa shape index (κ3) is 3.80. The minimum atomic E-state index is -0.301. The summed E-state index contributed by atoms with van der Waals surface area (Å²) in [4.78, 5) is 13.8. The predicted molar refractivity (Wildman–Crippen MR) is 64.3 cm³/mol. The van der Waals surface area contributed by atoms with Crippen LogP contribution in [0.1, 0.15) is 0 Å². The number of anilines is 1. The molecule has 1 heterocycles. The molecule has 1 saturated heterocycles. The van der Waals surface area contributed by atoms with Crippen LogP contribution in [-0.2, 0) is 4.79 Å². The molecular weight excluding hydrogens is 221 g/mol. The molecule has 4 nitrogen and oxygen atoms in total. The summed E-state index contributed by atoms with van der Waals surface area (Å²) in [5, 5.41) is 5.98. The molecule has 5 heteroatoms. The lowest BCUT2D eigenvalue weighted by atomic mass is 10.3. The number of rotatable bonds is 3. The van der Waals surface area contributed by atoms with Crippen LogP contribution in [0.25, 0.3) is 0 Å². The molecule has 0 atom stereocenters. The Bertz CT molecular complexity index is 374. The van der Waals surface area contributed by atoms with Crippen molar-refractivity contribution in [3.05, 3.63) is 30.1 Å². The number of halogens is 1. The smallest absolute Gasteiger partial charge is 0.238 e. The molecule has 0 aromatic heterocycles. The second kappa shape index (κ2) is 5.75. The normalized spacial score (nSPS) is 16.8. The number of carbonyl (C=O) groups is 1. The summed E-state index contributed by atoms with van der Waals surface area (Å²) in [7, 11) is 0. The van der Waals surface area contributed by atoms with Crippen LogP contribution >= 0.6 is 0 Å². The molecule has 0 radical (unpaired) electrons. The van der Waals surface area contributed by atoms with Gasteiger partial charge in [0, 0.05) is 31.9 Å². The molecule has 2 rings (SSSR count). The van der Waals surface area contributed by atoms with E-state index in [1.807, 2.05) is 0 Å². The monoisotopic (exact) mass is 237 g/mol. The van der Waals surface area contributed by atoms with Crippen LogP contribution in [0, 0.1) is 5.82 Å². The quantitative estimate of drug-likeness (QED) is 0.812. The van der Waals surface area contributed by atoms with Gasteiger partial charge in [-0.25, -0.2) is 4.39 Å². The molecule has 1 aliphatic heterocycles. The van der Waals surface area contributed by atoms with Crippen LogP contribution < -0.4 is 10.6 Å². The third-order valence-corrected chi connectivity index (χ3v) is 2.70. The number of piperazine rings is 1. The summed E-state index contributed by atoms with van der Waals surface area (Å²) < 4.78 is 12.7. The SMILES string of the molecule is O=C(CN1CCNCC1)Nc1ccc(F)cc1. The van der Waals surface area contributed by atoms with Gasteiger partial charge in [-0.05, 0) is 24.3 Å². The zero-order chi connectivity index (χ0) is 12.1. The van der Waals surface area contributed by atoms with Gasteiger partial charge in [0.25, 0.3) is 0 Å². The first kappa shape index (κ1) is 12.0. The minimum absolute atomic E-state index is 0.0569. The Kier molecular flexibility index (Phi) is 4.06. The van der Waals surface area contributed by atoms with Crippen LogP contribution in [0.15, 0.2) is 24.3 Å². The topological polar surface area (TPSA) is 44.4 Å². The molecule has 1 fully saturated rings. The molecule has 1 amide bonds. The third-order valence-electron chi connectivity index (χ3n) is 2.70. The van der Waals surface area contributed by atoms with Gasteiger partial charge in [0.15, 0.2) is 0 Å². The fourth-order valence-electron chi connectivity index (χ4n) is 1.81. The Morgan fingerprint density at radius 3 is 2.59 bits per heavy atom. The molecule has 0 spiro atoms. The van der Waals surface area contributed by atoms with Crippen LogP contribution in [0.5, 0.6) is 0 Å². The highest BCUT2D eigenvalue weighted by atomic mass is 19.1. The summed E-state index contributed by atoms with van der Waals surface area (Å²) >= 11 is 0. The van der Waals surface area contributed by atoms with E-state index in [4.69, 9.17) is 0 Å². The minimum Gasteiger partial charge on any atom is -0.325 e. The van der Waals surface area contributed by atoms with E-state index in [1.54, 1.807) is 12.1 Å². The van der Waals surface area contributed by atoms with Crippen LogP contribution in [0.4, 0.5) is 10.1 Å². The average Bonchev–Trinajstić information content (AvgIpc) is 2.33. The molecule has 17 heavy (non-hydrogen) atoms. The predicted octanol–water partition coefficient (Wildman–Crippen LogP) is 0.669. The fourth-order valence-corrected chi connectivity index (χ4v) is 1.81. The van der Waals surface area contributed by atoms with Gasteiger partial charge in [0.1, 0.15) is 5.82 Å².